The van der Waals surface area contributed by atoms with Gasteiger partial charge in [0.15, 0.2) is 0 Å². The predicted octanol–water partition coefficient (Wildman–Crippen LogP) is 7.41. The van der Waals surface area contributed by atoms with Crippen LogP contribution in [0.4, 0.5) is 26.3 Å². The van der Waals surface area contributed by atoms with E-state index in [1.165, 1.54) is 6.07 Å². The molecule has 0 heterocycles. The van der Waals surface area contributed by atoms with Gasteiger partial charge >= 0.3 is 12.4 Å². The zero-order chi connectivity index (χ0) is 23.1. The molecule has 0 amide bonds. The Bertz CT molecular complexity index is 1220. The maximum Gasteiger partial charge on any atom is 0.416 e. The maximum atomic E-state index is 13.4. The van der Waals surface area contributed by atoms with Crippen LogP contribution in [0.15, 0.2) is 42.5 Å². The quantitative estimate of drug-likeness (QED) is 0.396. The van der Waals surface area contributed by atoms with Crippen LogP contribution >= 0.6 is 0 Å². The first-order chi connectivity index (χ1) is 14.4. The first-order valence-corrected chi connectivity index (χ1v) is 9.07. The SMILES string of the molecule is CC(C)c1ccc2c(-c3cc(C(F)(F)F)cc(C(F)(F)F)c3)c(C#N)c(C#N)cc2c1. The van der Waals surface area contributed by atoms with Gasteiger partial charge in [-0.05, 0) is 52.1 Å². The Morgan fingerprint density at radius 3 is 1.81 bits per heavy atom. The number of hydrogen-bond acceptors (Lipinski definition) is 2. The van der Waals surface area contributed by atoms with Crippen molar-refractivity contribution in [2.45, 2.75) is 32.1 Å². The minimum absolute atomic E-state index is 0.0305. The zero-order valence-electron chi connectivity index (χ0n) is 16.3. The molecular weight excluding hydrogens is 418 g/mol. The number of rotatable bonds is 2. The van der Waals surface area contributed by atoms with Crippen molar-refractivity contribution in [1.29, 1.82) is 10.5 Å². The minimum atomic E-state index is -5.03. The van der Waals surface area contributed by atoms with Gasteiger partial charge in [-0.3, -0.25) is 0 Å². The maximum absolute atomic E-state index is 13.4. The molecule has 0 aromatic heterocycles. The molecular formula is C23H14F6N2. The van der Waals surface area contributed by atoms with Gasteiger partial charge in [-0.15, -0.1) is 0 Å². The summed E-state index contributed by atoms with van der Waals surface area (Å²) in [6.45, 7) is 3.83. The summed E-state index contributed by atoms with van der Waals surface area (Å²) in [5.41, 5.74) is -3.09. The van der Waals surface area contributed by atoms with Crippen LogP contribution in [-0.2, 0) is 12.4 Å². The van der Waals surface area contributed by atoms with E-state index in [0.717, 1.165) is 5.56 Å². The second kappa shape index (κ2) is 7.63. The summed E-state index contributed by atoms with van der Waals surface area (Å²) >= 11 is 0. The van der Waals surface area contributed by atoms with Gasteiger partial charge in [0.1, 0.15) is 12.1 Å². The van der Waals surface area contributed by atoms with Gasteiger partial charge in [-0.1, -0.05) is 32.0 Å². The Morgan fingerprint density at radius 1 is 0.774 bits per heavy atom. The molecule has 0 aliphatic rings. The number of benzene rings is 3. The summed E-state index contributed by atoms with van der Waals surface area (Å²) in [7, 11) is 0. The number of alkyl halides is 6. The summed E-state index contributed by atoms with van der Waals surface area (Å²) in [6.07, 6.45) is -10.1. The van der Waals surface area contributed by atoms with E-state index in [1.54, 1.807) is 24.3 Å². The lowest BCUT2D eigenvalue weighted by atomic mass is 9.87. The van der Waals surface area contributed by atoms with Crippen molar-refractivity contribution >= 4 is 10.8 Å². The number of hydrogen-bond donors (Lipinski definition) is 0. The van der Waals surface area contributed by atoms with E-state index in [4.69, 9.17) is 0 Å². The molecule has 0 fully saturated rings. The van der Waals surface area contributed by atoms with E-state index < -0.39 is 29.0 Å². The van der Waals surface area contributed by atoms with E-state index in [2.05, 4.69) is 0 Å². The largest absolute Gasteiger partial charge is 0.416 e. The molecule has 0 saturated heterocycles. The van der Waals surface area contributed by atoms with Crippen molar-refractivity contribution in [3.05, 3.63) is 70.3 Å². The molecule has 2 nitrogen and oxygen atoms in total. The number of nitriles is 2. The normalized spacial score (nSPS) is 12.1. The Balaban J connectivity index is 2.49. The molecule has 3 aromatic carbocycles. The first kappa shape index (κ1) is 22.2. The summed E-state index contributed by atoms with van der Waals surface area (Å²) < 4.78 is 80.1. The van der Waals surface area contributed by atoms with Crippen LogP contribution in [-0.4, -0.2) is 0 Å². The molecule has 0 spiro atoms. The smallest absolute Gasteiger partial charge is 0.192 e. The Morgan fingerprint density at radius 2 is 1.35 bits per heavy atom. The summed E-state index contributed by atoms with van der Waals surface area (Å²) in [6, 6.07) is 11.1. The van der Waals surface area contributed by atoms with Crippen LogP contribution in [0.2, 0.25) is 0 Å². The second-order valence-electron chi connectivity index (χ2n) is 7.33. The third-order valence-corrected chi connectivity index (χ3v) is 4.94. The first-order valence-electron chi connectivity index (χ1n) is 9.07. The van der Waals surface area contributed by atoms with Crippen LogP contribution in [0.25, 0.3) is 21.9 Å². The fourth-order valence-electron chi connectivity index (χ4n) is 3.39. The van der Waals surface area contributed by atoms with Crippen molar-refractivity contribution in [2.75, 3.05) is 0 Å². The van der Waals surface area contributed by atoms with Gasteiger partial charge in [-0.2, -0.15) is 36.9 Å². The molecule has 0 N–H and O–H groups in total. The van der Waals surface area contributed by atoms with E-state index >= 15 is 0 Å². The number of fused-ring (bicyclic) bond motifs is 1. The fraction of sp³-hybridized carbons (Fsp3) is 0.217. The minimum Gasteiger partial charge on any atom is -0.192 e. The molecule has 0 radical (unpaired) electrons. The topological polar surface area (TPSA) is 47.6 Å². The highest BCUT2D eigenvalue weighted by molar-refractivity contribution is 6.01. The lowest BCUT2D eigenvalue weighted by Crippen LogP contribution is -2.11. The summed E-state index contributed by atoms with van der Waals surface area (Å²) in [4.78, 5) is 0. The van der Waals surface area contributed by atoms with Crippen molar-refractivity contribution in [2.24, 2.45) is 0 Å². The Hall–Kier alpha value is -3.52. The van der Waals surface area contributed by atoms with Gasteiger partial charge in [0.2, 0.25) is 0 Å². The van der Waals surface area contributed by atoms with Crippen LogP contribution in [0.1, 0.15) is 47.6 Å². The second-order valence-corrected chi connectivity index (χ2v) is 7.33. The average molecular weight is 432 g/mol. The Labute approximate surface area is 174 Å². The fourth-order valence-corrected chi connectivity index (χ4v) is 3.39. The Kier molecular flexibility index (Phi) is 5.45. The van der Waals surface area contributed by atoms with Crippen LogP contribution in [0, 0.1) is 22.7 Å². The summed E-state index contributed by atoms with van der Waals surface area (Å²) in [5, 5.41) is 19.8. The molecule has 3 rings (SSSR count). The molecule has 0 atom stereocenters. The van der Waals surface area contributed by atoms with E-state index in [1.807, 2.05) is 19.9 Å². The van der Waals surface area contributed by atoms with Gasteiger partial charge in [-0.25, -0.2) is 0 Å². The van der Waals surface area contributed by atoms with Crippen LogP contribution in [0.5, 0.6) is 0 Å². The highest BCUT2D eigenvalue weighted by Crippen LogP contribution is 2.42. The highest BCUT2D eigenvalue weighted by Gasteiger charge is 2.37. The van der Waals surface area contributed by atoms with Gasteiger partial charge in [0, 0.05) is 5.56 Å². The molecule has 0 aliphatic carbocycles. The lowest BCUT2D eigenvalue weighted by Gasteiger charge is -2.17. The van der Waals surface area contributed by atoms with E-state index in [9.17, 15) is 36.9 Å². The summed E-state index contributed by atoms with van der Waals surface area (Å²) in [5.74, 6) is 0.0967. The van der Waals surface area contributed by atoms with Crippen molar-refractivity contribution in [1.82, 2.24) is 0 Å². The van der Waals surface area contributed by atoms with Gasteiger partial charge < -0.3 is 0 Å². The zero-order valence-corrected chi connectivity index (χ0v) is 16.3. The predicted molar refractivity (Wildman–Crippen MR) is 103 cm³/mol. The van der Waals surface area contributed by atoms with E-state index in [-0.39, 0.29) is 34.1 Å². The van der Waals surface area contributed by atoms with Gasteiger partial charge in [0.05, 0.1) is 22.3 Å². The molecule has 8 heteroatoms. The van der Waals surface area contributed by atoms with Crippen molar-refractivity contribution < 1.29 is 26.3 Å². The number of halogens is 6. The monoisotopic (exact) mass is 432 g/mol. The molecule has 31 heavy (non-hydrogen) atoms. The molecule has 3 aromatic rings. The molecule has 0 saturated carbocycles. The average Bonchev–Trinajstić information content (AvgIpc) is 2.69. The molecule has 158 valence electrons. The van der Waals surface area contributed by atoms with Gasteiger partial charge in [0.25, 0.3) is 0 Å². The van der Waals surface area contributed by atoms with Crippen molar-refractivity contribution in [3.8, 4) is 23.3 Å². The van der Waals surface area contributed by atoms with Crippen molar-refractivity contribution in [3.63, 3.8) is 0 Å². The lowest BCUT2D eigenvalue weighted by molar-refractivity contribution is -0.143. The molecule has 0 aliphatic heterocycles. The molecule has 0 unspecified atom stereocenters. The van der Waals surface area contributed by atoms with Crippen LogP contribution < -0.4 is 0 Å². The molecule has 0 bridgehead atoms. The third kappa shape index (κ3) is 4.20. The number of nitrogens with zero attached hydrogens (tertiary/aromatic N) is 2. The van der Waals surface area contributed by atoms with E-state index in [0.29, 0.717) is 17.5 Å². The van der Waals surface area contributed by atoms with Crippen LogP contribution in [0.3, 0.4) is 0 Å². The standard InChI is InChI=1S/C23H14F6N2/c1-12(2)13-3-4-19-14(5-13)6-16(10-30)20(11-31)21(19)15-7-17(22(24,25)26)9-18(8-15)23(27,28)29/h3-9,12H,1-2H3. The third-order valence-electron chi connectivity index (χ3n) is 4.94. The highest BCUT2D eigenvalue weighted by atomic mass is 19.4.